The molecule has 23 heavy (non-hydrogen) atoms. The van der Waals surface area contributed by atoms with E-state index in [4.69, 9.17) is 10.00 Å². The molecule has 118 valence electrons. The van der Waals surface area contributed by atoms with Gasteiger partial charge < -0.3 is 9.64 Å². The second-order valence-electron chi connectivity index (χ2n) is 4.87. The lowest BCUT2D eigenvalue weighted by molar-refractivity contribution is -0.141. The molecule has 0 spiro atoms. The monoisotopic (exact) mass is 321 g/mol. The van der Waals surface area contributed by atoms with Gasteiger partial charge in [0.25, 0.3) is 0 Å². The van der Waals surface area contributed by atoms with Crippen LogP contribution in [-0.2, 0) is 6.18 Å². The fourth-order valence-corrected chi connectivity index (χ4v) is 2.07. The highest BCUT2D eigenvalue weighted by atomic mass is 19.4. The Kier molecular flexibility index (Phi) is 3.73. The van der Waals surface area contributed by atoms with Crippen LogP contribution in [0.3, 0.4) is 0 Å². The highest BCUT2D eigenvalue weighted by Crippen LogP contribution is 2.29. The minimum atomic E-state index is -4.50. The molecule has 0 radical (unpaired) electrons. The number of halogens is 3. The predicted molar refractivity (Wildman–Crippen MR) is 72.6 cm³/mol. The molecule has 2 aromatic rings. The summed E-state index contributed by atoms with van der Waals surface area (Å²) in [6, 6.07) is 5.85. The van der Waals surface area contributed by atoms with Crippen LogP contribution in [0.15, 0.2) is 30.6 Å². The normalized spacial score (nSPS) is 15.0. The standard InChI is InChI=1S/C14H10F3N5O/c15-14(16,17)12-2-4-20-13(21-12)22-7-11(8-22)23-10-1-3-19-9(5-10)6-18/h1-5,11H,7-8H2. The van der Waals surface area contributed by atoms with Gasteiger partial charge in [0.2, 0.25) is 5.95 Å². The molecule has 1 aliphatic rings. The number of ether oxygens (including phenoxy) is 1. The third-order valence-electron chi connectivity index (χ3n) is 3.21. The average molecular weight is 321 g/mol. The van der Waals surface area contributed by atoms with E-state index < -0.39 is 11.9 Å². The Labute approximate surface area is 129 Å². The van der Waals surface area contributed by atoms with E-state index in [0.29, 0.717) is 18.8 Å². The van der Waals surface area contributed by atoms with Crippen LogP contribution in [0.25, 0.3) is 0 Å². The first-order valence-corrected chi connectivity index (χ1v) is 6.64. The van der Waals surface area contributed by atoms with E-state index in [0.717, 1.165) is 12.3 Å². The van der Waals surface area contributed by atoms with Gasteiger partial charge in [0.1, 0.15) is 29.3 Å². The Morgan fingerprint density at radius 2 is 1.96 bits per heavy atom. The fourth-order valence-electron chi connectivity index (χ4n) is 2.07. The molecule has 0 saturated carbocycles. The molecule has 6 nitrogen and oxygen atoms in total. The highest BCUT2D eigenvalue weighted by Gasteiger charge is 2.35. The Morgan fingerprint density at radius 3 is 2.65 bits per heavy atom. The Morgan fingerprint density at radius 1 is 1.22 bits per heavy atom. The van der Waals surface area contributed by atoms with E-state index in [9.17, 15) is 13.2 Å². The highest BCUT2D eigenvalue weighted by molar-refractivity contribution is 5.37. The first-order chi connectivity index (χ1) is 11.0. The summed E-state index contributed by atoms with van der Waals surface area (Å²) in [5.41, 5.74) is -0.737. The molecule has 0 atom stereocenters. The maximum Gasteiger partial charge on any atom is 0.433 e. The van der Waals surface area contributed by atoms with Crippen molar-refractivity contribution < 1.29 is 17.9 Å². The topological polar surface area (TPSA) is 74.9 Å². The van der Waals surface area contributed by atoms with Gasteiger partial charge in [0.05, 0.1) is 13.1 Å². The third-order valence-corrected chi connectivity index (χ3v) is 3.21. The number of aromatic nitrogens is 3. The van der Waals surface area contributed by atoms with Crippen molar-refractivity contribution in [2.24, 2.45) is 0 Å². The van der Waals surface area contributed by atoms with Crippen LogP contribution >= 0.6 is 0 Å². The second kappa shape index (κ2) is 5.72. The average Bonchev–Trinajstić information content (AvgIpc) is 2.50. The van der Waals surface area contributed by atoms with Crippen molar-refractivity contribution in [3.8, 4) is 11.8 Å². The first kappa shape index (κ1) is 15.0. The lowest BCUT2D eigenvalue weighted by atomic mass is 10.2. The first-order valence-electron chi connectivity index (χ1n) is 6.64. The molecule has 3 rings (SSSR count). The van der Waals surface area contributed by atoms with Gasteiger partial charge in [-0.15, -0.1) is 0 Å². The van der Waals surface area contributed by atoms with E-state index in [-0.39, 0.29) is 17.7 Å². The molecule has 0 aliphatic carbocycles. The molecule has 9 heteroatoms. The largest absolute Gasteiger partial charge is 0.487 e. The molecular formula is C14H10F3N5O. The van der Waals surface area contributed by atoms with Crippen molar-refractivity contribution in [1.29, 1.82) is 5.26 Å². The molecule has 1 aliphatic heterocycles. The summed E-state index contributed by atoms with van der Waals surface area (Å²) in [6.07, 6.45) is -2.16. The van der Waals surface area contributed by atoms with E-state index >= 15 is 0 Å². The summed E-state index contributed by atoms with van der Waals surface area (Å²) in [7, 11) is 0. The number of anilines is 1. The predicted octanol–water partition coefficient (Wildman–Crippen LogP) is 2.03. The van der Waals surface area contributed by atoms with Gasteiger partial charge in [-0.3, -0.25) is 0 Å². The molecular weight excluding hydrogens is 311 g/mol. The summed E-state index contributed by atoms with van der Waals surface area (Å²) < 4.78 is 43.5. The summed E-state index contributed by atoms with van der Waals surface area (Å²) in [6.45, 7) is 0.733. The third kappa shape index (κ3) is 3.31. The van der Waals surface area contributed by atoms with E-state index in [2.05, 4.69) is 15.0 Å². The van der Waals surface area contributed by atoms with Gasteiger partial charge in [0.15, 0.2) is 0 Å². The Hall–Kier alpha value is -2.89. The van der Waals surface area contributed by atoms with Crippen LogP contribution in [0.2, 0.25) is 0 Å². The Bertz CT molecular complexity index is 753. The van der Waals surface area contributed by atoms with E-state index in [1.807, 2.05) is 6.07 Å². The molecule has 0 N–H and O–H groups in total. The van der Waals surface area contributed by atoms with Crippen molar-refractivity contribution in [2.75, 3.05) is 18.0 Å². The lowest BCUT2D eigenvalue weighted by Crippen LogP contribution is -2.54. The number of nitriles is 1. The van der Waals surface area contributed by atoms with Crippen LogP contribution in [0.5, 0.6) is 5.75 Å². The van der Waals surface area contributed by atoms with Crippen LogP contribution in [-0.4, -0.2) is 34.1 Å². The van der Waals surface area contributed by atoms with Crippen molar-refractivity contribution in [1.82, 2.24) is 15.0 Å². The number of pyridine rings is 1. The number of rotatable bonds is 3. The lowest BCUT2D eigenvalue weighted by Gasteiger charge is -2.38. The molecule has 2 aromatic heterocycles. The van der Waals surface area contributed by atoms with Crippen LogP contribution in [0.4, 0.5) is 19.1 Å². The molecule has 0 bridgehead atoms. The zero-order valence-electron chi connectivity index (χ0n) is 11.7. The van der Waals surface area contributed by atoms with Crippen molar-refractivity contribution in [3.63, 3.8) is 0 Å². The maximum absolute atomic E-state index is 12.6. The van der Waals surface area contributed by atoms with Gasteiger partial charge >= 0.3 is 6.18 Å². The zero-order valence-corrected chi connectivity index (χ0v) is 11.7. The second-order valence-corrected chi connectivity index (χ2v) is 4.87. The summed E-state index contributed by atoms with van der Waals surface area (Å²) in [5, 5.41) is 8.77. The molecule has 0 amide bonds. The van der Waals surface area contributed by atoms with Crippen molar-refractivity contribution in [2.45, 2.75) is 12.3 Å². The van der Waals surface area contributed by atoms with Crippen LogP contribution < -0.4 is 9.64 Å². The number of nitrogens with zero attached hydrogens (tertiary/aromatic N) is 5. The summed E-state index contributed by atoms with van der Waals surface area (Å²) in [5.74, 6) is 0.512. The van der Waals surface area contributed by atoms with Gasteiger partial charge in [0, 0.05) is 18.5 Å². The smallest absolute Gasteiger partial charge is 0.433 e. The van der Waals surface area contributed by atoms with Gasteiger partial charge in [-0.2, -0.15) is 18.4 Å². The number of alkyl halides is 3. The van der Waals surface area contributed by atoms with Crippen molar-refractivity contribution >= 4 is 5.95 Å². The minimum Gasteiger partial charge on any atom is -0.487 e. The molecule has 1 saturated heterocycles. The number of hydrogen-bond acceptors (Lipinski definition) is 6. The zero-order chi connectivity index (χ0) is 16.4. The SMILES string of the molecule is N#Cc1cc(OC2CN(c3nccc(C(F)(F)F)n3)C2)ccn1. The Balaban J connectivity index is 1.62. The van der Waals surface area contributed by atoms with E-state index in [1.54, 1.807) is 11.0 Å². The molecule has 3 heterocycles. The molecule has 0 aromatic carbocycles. The summed E-state index contributed by atoms with van der Waals surface area (Å²) >= 11 is 0. The van der Waals surface area contributed by atoms with Crippen molar-refractivity contribution in [3.05, 3.63) is 42.0 Å². The van der Waals surface area contributed by atoms with Crippen LogP contribution in [0.1, 0.15) is 11.4 Å². The molecule has 1 fully saturated rings. The fraction of sp³-hybridized carbons (Fsp3) is 0.286. The molecule has 0 unspecified atom stereocenters. The van der Waals surface area contributed by atoms with Crippen LogP contribution in [0, 0.1) is 11.3 Å². The van der Waals surface area contributed by atoms with Gasteiger partial charge in [-0.1, -0.05) is 0 Å². The van der Waals surface area contributed by atoms with Gasteiger partial charge in [-0.25, -0.2) is 15.0 Å². The maximum atomic E-state index is 12.6. The minimum absolute atomic E-state index is 0.0205. The summed E-state index contributed by atoms with van der Waals surface area (Å²) in [4.78, 5) is 12.8. The number of hydrogen-bond donors (Lipinski definition) is 0. The quantitative estimate of drug-likeness (QED) is 0.861. The van der Waals surface area contributed by atoms with Gasteiger partial charge in [-0.05, 0) is 12.1 Å². The van der Waals surface area contributed by atoms with E-state index in [1.165, 1.54) is 12.3 Å².